The molecular formula is C13H17N3O5S. The number of benzene rings is 1. The van der Waals surface area contributed by atoms with Gasteiger partial charge in [-0.3, -0.25) is 14.9 Å². The number of hydrogen-bond donors (Lipinski definition) is 0. The summed E-state index contributed by atoms with van der Waals surface area (Å²) >= 11 is 0. The van der Waals surface area contributed by atoms with Crippen LogP contribution in [0.25, 0.3) is 0 Å². The van der Waals surface area contributed by atoms with Gasteiger partial charge in [0, 0.05) is 45.2 Å². The van der Waals surface area contributed by atoms with E-state index in [9.17, 15) is 23.3 Å². The summed E-state index contributed by atoms with van der Waals surface area (Å²) in [5.74, 6) is -0.266. The largest absolute Gasteiger partial charge is 0.340 e. The molecule has 1 fully saturated rings. The molecule has 2 rings (SSSR count). The first-order chi connectivity index (χ1) is 10.3. The maximum absolute atomic E-state index is 12.3. The molecule has 22 heavy (non-hydrogen) atoms. The van der Waals surface area contributed by atoms with Crippen molar-refractivity contribution < 1.29 is 18.1 Å². The molecule has 1 aliphatic rings. The highest BCUT2D eigenvalue weighted by molar-refractivity contribution is 7.88. The number of rotatable bonds is 4. The van der Waals surface area contributed by atoms with Crippen molar-refractivity contribution in [3.8, 4) is 0 Å². The standard InChI is InChI=1S/C13H17N3O5S/c1-11(17)14-6-8-15(9-7-14)22(20,21)10-12-2-4-13(5-3-12)16(18)19/h2-5H,6-10H2,1H3. The summed E-state index contributed by atoms with van der Waals surface area (Å²) in [7, 11) is -3.49. The highest BCUT2D eigenvalue weighted by atomic mass is 32.2. The molecule has 1 amide bonds. The summed E-state index contributed by atoms with van der Waals surface area (Å²) in [6.45, 7) is 2.77. The van der Waals surface area contributed by atoms with Gasteiger partial charge in [0.1, 0.15) is 0 Å². The van der Waals surface area contributed by atoms with E-state index in [1.807, 2.05) is 0 Å². The molecule has 0 saturated carbocycles. The van der Waals surface area contributed by atoms with Crippen LogP contribution in [0, 0.1) is 10.1 Å². The summed E-state index contributed by atoms with van der Waals surface area (Å²) in [6, 6.07) is 5.47. The molecule has 9 heteroatoms. The minimum absolute atomic E-state index is 0.0626. The van der Waals surface area contributed by atoms with Gasteiger partial charge in [-0.1, -0.05) is 12.1 Å². The maximum Gasteiger partial charge on any atom is 0.269 e. The molecule has 1 aromatic rings. The van der Waals surface area contributed by atoms with E-state index >= 15 is 0 Å². The number of hydrogen-bond acceptors (Lipinski definition) is 5. The number of sulfonamides is 1. The summed E-state index contributed by atoms with van der Waals surface area (Å²) in [4.78, 5) is 22.9. The zero-order valence-electron chi connectivity index (χ0n) is 12.1. The van der Waals surface area contributed by atoms with Gasteiger partial charge in [-0.05, 0) is 5.56 Å². The van der Waals surface area contributed by atoms with Crippen LogP contribution in [0.2, 0.25) is 0 Å². The zero-order valence-corrected chi connectivity index (χ0v) is 13.0. The molecule has 8 nitrogen and oxygen atoms in total. The third-order valence-corrected chi connectivity index (χ3v) is 5.42. The Morgan fingerprint density at radius 1 is 1.18 bits per heavy atom. The molecule has 1 aliphatic heterocycles. The highest BCUT2D eigenvalue weighted by Gasteiger charge is 2.27. The first kappa shape index (κ1) is 16.4. The van der Waals surface area contributed by atoms with Crippen LogP contribution in [0.1, 0.15) is 12.5 Å². The van der Waals surface area contributed by atoms with E-state index in [0.717, 1.165) is 0 Å². The van der Waals surface area contributed by atoms with Crippen molar-refractivity contribution in [1.29, 1.82) is 0 Å². The van der Waals surface area contributed by atoms with Crippen LogP contribution in [-0.4, -0.2) is 54.6 Å². The Morgan fingerprint density at radius 3 is 2.18 bits per heavy atom. The second kappa shape index (κ2) is 6.41. The average molecular weight is 327 g/mol. The number of amides is 1. The molecule has 0 bridgehead atoms. The first-order valence-corrected chi connectivity index (χ1v) is 8.37. The van der Waals surface area contributed by atoms with Crippen LogP contribution in [0.15, 0.2) is 24.3 Å². The van der Waals surface area contributed by atoms with Gasteiger partial charge in [-0.2, -0.15) is 4.31 Å². The van der Waals surface area contributed by atoms with Crippen molar-refractivity contribution in [2.45, 2.75) is 12.7 Å². The highest BCUT2D eigenvalue weighted by Crippen LogP contribution is 2.17. The Balaban J connectivity index is 2.02. The number of nitrogens with zero attached hydrogens (tertiary/aromatic N) is 3. The van der Waals surface area contributed by atoms with Crippen LogP contribution in [0.4, 0.5) is 5.69 Å². The quantitative estimate of drug-likeness (QED) is 0.595. The van der Waals surface area contributed by atoms with Gasteiger partial charge in [0.25, 0.3) is 5.69 Å². The fraction of sp³-hybridized carbons (Fsp3) is 0.462. The Labute approximate surface area is 128 Å². The Bertz CT molecular complexity index is 663. The molecule has 0 aromatic heterocycles. The second-order valence-corrected chi connectivity index (χ2v) is 7.05. The summed E-state index contributed by atoms with van der Waals surface area (Å²) < 4.78 is 26.0. The number of nitro benzene ring substituents is 1. The van der Waals surface area contributed by atoms with Crippen molar-refractivity contribution in [3.05, 3.63) is 39.9 Å². The van der Waals surface area contributed by atoms with Gasteiger partial charge in [0.2, 0.25) is 15.9 Å². The predicted molar refractivity (Wildman–Crippen MR) is 79.5 cm³/mol. The second-order valence-electron chi connectivity index (χ2n) is 5.08. The molecule has 1 saturated heterocycles. The minimum atomic E-state index is -3.49. The molecule has 0 atom stereocenters. The molecule has 0 spiro atoms. The Hall–Kier alpha value is -2.00. The van der Waals surface area contributed by atoms with E-state index in [-0.39, 0.29) is 30.4 Å². The van der Waals surface area contributed by atoms with Gasteiger partial charge in [-0.15, -0.1) is 0 Å². The van der Waals surface area contributed by atoms with E-state index < -0.39 is 14.9 Å². The van der Waals surface area contributed by atoms with E-state index in [4.69, 9.17) is 0 Å². The molecule has 1 heterocycles. The lowest BCUT2D eigenvalue weighted by Gasteiger charge is -2.33. The first-order valence-electron chi connectivity index (χ1n) is 6.76. The molecule has 0 unspecified atom stereocenters. The number of nitro groups is 1. The van der Waals surface area contributed by atoms with Gasteiger partial charge >= 0.3 is 0 Å². The topological polar surface area (TPSA) is 101 Å². The van der Waals surface area contributed by atoms with Crippen molar-refractivity contribution in [3.63, 3.8) is 0 Å². The van der Waals surface area contributed by atoms with E-state index in [1.165, 1.54) is 35.5 Å². The molecule has 120 valence electrons. The van der Waals surface area contributed by atoms with Crippen LogP contribution in [0.3, 0.4) is 0 Å². The number of carbonyl (C=O) groups excluding carboxylic acids is 1. The van der Waals surface area contributed by atoms with Gasteiger partial charge in [0.05, 0.1) is 10.7 Å². The van der Waals surface area contributed by atoms with E-state index in [1.54, 1.807) is 4.90 Å². The van der Waals surface area contributed by atoms with Crippen molar-refractivity contribution >= 4 is 21.6 Å². The minimum Gasteiger partial charge on any atom is -0.340 e. The molecule has 0 radical (unpaired) electrons. The van der Waals surface area contributed by atoms with E-state index in [0.29, 0.717) is 18.7 Å². The van der Waals surface area contributed by atoms with E-state index in [2.05, 4.69) is 0 Å². The third kappa shape index (κ3) is 3.80. The predicted octanol–water partition coefficient (Wildman–Crippen LogP) is 0.589. The average Bonchev–Trinajstić information content (AvgIpc) is 2.47. The van der Waals surface area contributed by atoms with Gasteiger partial charge < -0.3 is 4.90 Å². The third-order valence-electron chi connectivity index (χ3n) is 3.57. The van der Waals surface area contributed by atoms with Crippen molar-refractivity contribution in [2.75, 3.05) is 26.2 Å². The van der Waals surface area contributed by atoms with Crippen LogP contribution in [0.5, 0.6) is 0 Å². The number of piperazine rings is 1. The number of non-ortho nitro benzene ring substituents is 1. The SMILES string of the molecule is CC(=O)N1CCN(S(=O)(=O)Cc2ccc([N+](=O)[O-])cc2)CC1. The monoisotopic (exact) mass is 327 g/mol. The fourth-order valence-electron chi connectivity index (χ4n) is 2.30. The Morgan fingerprint density at radius 2 is 1.73 bits per heavy atom. The lowest BCUT2D eigenvalue weighted by Crippen LogP contribution is -2.50. The molecule has 1 aromatic carbocycles. The molecule has 0 N–H and O–H groups in total. The normalized spacial score (nSPS) is 16.5. The van der Waals surface area contributed by atoms with Gasteiger partial charge in [-0.25, -0.2) is 8.42 Å². The zero-order chi connectivity index (χ0) is 16.3. The van der Waals surface area contributed by atoms with Crippen molar-refractivity contribution in [1.82, 2.24) is 9.21 Å². The van der Waals surface area contributed by atoms with Gasteiger partial charge in [0.15, 0.2) is 0 Å². The summed E-state index contributed by atoms with van der Waals surface area (Å²) in [5.41, 5.74) is 0.427. The molecule has 0 aliphatic carbocycles. The fourth-order valence-corrected chi connectivity index (χ4v) is 3.81. The summed E-state index contributed by atoms with van der Waals surface area (Å²) in [6.07, 6.45) is 0. The summed E-state index contributed by atoms with van der Waals surface area (Å²) in [5, 5.41) is 10.6. The van der Waals surface area contributed by atoms with Crippen LogP contribution in [-0.2, 0) is 20.6 Å². The van der Waals surface area contributed by atoms with Crippen LogP contribution < -0.4 is 0 Å². The Kier molecular flexibility index (Phi) is 4.77. The number of carbonyl (C=O) groups is 1. The van der Waals surface area contributed by atoms with Crippen LogP contribution >= 0.6 is 0 Å². The van der Waals surface area contributed by atoms with Crippen molar-refractivity contribution in [2.24, 2.45) is 0 Å². The lowest BCUT2D eigenvalue weighted by molar-refractivity contribution is -0.384. The smallest absolute Gasteiger partial charge is 0.269 e. The lowest BCUT2D eigenvalue weighted by atomic mass is 10.2. The molecular weight excluding hydrogens is 310 g/mol. The maximum atomic E-state index is 12.3.